The smallest absolute Gasteiger partial charge is 0.375 e. The average molecular weight is 265 g/mol. The third-order valence-corrected chi connectivity index (χ3v) is 3.30. The first-order chi connectivity index (χ1) is 9.06. The van der Waals surface area contributed by atoms with Crippen LogP contribution in [0.5, 0.6) is 0 Å². The van der Waals surface area contributed by atoms with Crippen LogP contribution >= 0.6 is 0 Å². The van der Waals surface area contributed by atoms with Crippen molar-refractivity contribution in [3.8, 4) is 0 Å². The van der Waals surface area contributed by atoms with Crippen molar-refractivity contribution in [2.75, 3.05) is 0 Å². The van der Waals surface area contributed by atoms with Gasteiger partial charge in [-0.1, -0.05) is 12.8 Å². The Morgan fingerprint density at radius 2 is 2.05 bits per heavy atom. The maximum Gasteiger partial charge on any atom is 0.375 e. The highest BCUT2D eigenvalue weighted by molar-refractivity contribution is 5.90. The highest BCUT2D eigenvalue weighted by atomic mass is 16.6. The Labute approximate surface area is 112 Å². The van der Waals surface area contributed by atoms with Crippen LogP contribution in [-0.2, 0) is 9.53 Å². The first kappa shape index (κ1) is 13.6. The van der Waals surface area contributed by atoms with Crippen molar-refractivity contribution in [2.24, 2.45) is 0 Å². The number of ether oxygens (including phenoxy) is 1. The SMILES string of the molecule is Cc1ccc(C(=O)OC(C)C(=O)NC2CCCC2)o1. The second-order valence-corrected chi connectivity index (χ2v) is 4.95. The van der Waals surface area contributed by atoms with Crippen LogP contribution in [0.2, 0.25) is 0 Å². The van der Waals surface area contributed by atoms with Crippen LogP contribution in [0.25, 0.3) is 0 Å². The molecule has 1 atom stereocenters. The van der Waals surface area contributed by atoms with Crippen LogP contribution in [0.1, 0.15) is 48.9 Å². The number of amides is 1. The van der Waals surface area contributed by atoms with Gasteiger partial charge in [0.1, 0.15) is 5.76 Å². The lowest BCUT2D eigenvalue weighted by molar-refractivity contribution is -0.129. The van der Waals surface area contributed by atoms with E-state index in [1.54, 1.807) is 26.0 Å². The summed E-state index contributed by atoms with van der Waals surface area (Å²) in [5.74, 6) is -0.0984. The fourth-order valence-corrected chi connectivity index (χ4v) is 2.21. The summed E-state index contributed by atoms with van der Waals surface area (Å²) in [6.45, 7) is 3.31. The quantitative estimate of drug-likeness (QED) is 0.847. The molecule has 1 aromatic heterocycles. The molecule has 1 saturated carbocycles. The average Bonchev–Trinajstić information content (AvgIpc) is 3.00. The van der Waals surface area contributed by atoms with E-state index in [0.717, 1.165) is 25.7 Å². The van der Waals surface area contributed by atoms with Gasteiger partial charge in [-0.05, 0) is 38.8 Å². The molecule has 1 aromatic rings. The third kappa shape index (κ3) is 3.59. The van der Waals surface area contributed by atoms with Gasteiger partial charge in [-0.3, -0.25) is 4.79 Å². The Bertz CT molecular complexity index is 460. The normalized spacial score (nSPS) is 17.2. The molecule has 1 unspecified atom stereocenters. The van der Waals surface area contributed by atoms with E-state index in [4.69, 9.17) is 9.15 Å². The molecular formula is C14H19NO4. The molecule has 5 heteroatoms. The van der Waals surface area contributed by atoms with Crippen LogP contribution < -0.4 is 5.32 Å². The van der Waals surface area contributed by atoms with Crippen molar-refractivity contribution in [1.29, 1.82) is 0 Å². The van der Waals surface area contributed by atoms with E-state index in [1.807, 2.05) is 0 Å². The van der Waals surface area contributed by atoms with Crippen LogP contribution in [0.4, 0.5) is 0 Å². The van der Waals surface area contributed by atoms with Crippen LogP contribution in [0, 0.1) is 6.92 Å². The zero-order valence-electron chi connectivity index (χ0n) is 11.3. The predicted octanol–water partition coefficient (Wildman–Crippen LogP) is 2.19. The number of aryl methyl sites for hydroxylation is 1. The number of nitrogens with one attached hydrogen (secondary N) is 1. The van der Waals surface area contributed by atoms with Crippen LogP contribution in [0.15, 0.2) is 16.5 Å². The number of hydrogen-bond acceptors (Lipinski definition) is 4. The Kier molecular flexibility index (Phi) is 4.24. The van der Waals surface area contributed by atoms with Crippen molar-refractivity contribution in [3.63, 3.8) is 0 Å². The molecule has 1 aliphatic carbocycles. The number of furan rings is 1. The van der Waals surface area contributed by atoms with Gasteiger partial charge in [0.15, 0.2) is 6.10 Å². The number of carbonyl (C=O) groups is 2. The summed E-state index contributed by atoms with van der Waals surface area (Å²) in [7, 11) is 0. The van der Waals surface area contributed by atoms with Crippen molar-refractivity contribution >= 4 is 11.9 Å². The van der Waals surface area contributed by atoms with Gasteiger partial charge >= 0.3 is 5.97 Å². The van der Waals surface area contributed by atoms with E-state index in [0.29, 0.717) is 5.76 Å². The minimum Gasteiger partial charge on any atom is -0.454 e. The molecule has 1 N–H and O–H groups in total. The van der Waals surface area contributed by atoms with Crippen molar-refractivity contribution in [2.45, 2.75) is 51.7 Å². The largest absolute Gasteiger partial charge is 0.454 e. The molecule has 0 bridgehead atoms. The number of rotatable bonds is 4. The molecular weight excluding hydrogens is 246 g/mol. The van der Waals surface area contributed by atoms with E-state index < -0.39 is 12.1 Å². The summed E-state index contributed by atoms with van der Waals surface area (Å²) >= 11 is 0. The minimum absolute atomic E-state index is 0.123. The molecule has 0 saturated heterocycles. The molecule has 0 radical (unpaired) electrons. The van der Waals surface area contributed by atoms with E-state index >= 15 is 0 Å². The van der Waals surface area contributed by atoms with Crippen LogP contribution in [0.3, 0.4) is 0 Å². The van der Waals surface area contributed by atoms with Gasteiger partial charge in [-0.25, -0.2) is 4.79 Å². The lowest BCUT2D eigenvalue weighted by Crippen LogP contribution is -2.40. The zero-order chi connectivity index (χ0) is 13.8. The summed E-state index contributed by atoms with van der Waals surface area (Å²) in [5, 5.41) is 2.89. The Hall–Kier alpha value is -1.78. The van der Waals surface area contributed by atoms with Gasteiger partial charge in [0.05, 0.1) is 0 Å². The molecule has 1 amide bonds. The van der Waals surface area contributed by atoms with Gasteiger partial charge in [-0.15, -0.1) is 0 Å². The van der Waals surface area contributed by atoms with E-state index in [2.05, 4.69) is 5.32 Å². The molecule has 2 rings (SSSR count). The second-order valence-electron chi connectivity index (χ2n) is 4.95. The topological polar surface area (TPSA) is 68.5 Å². The van der Waals surface area contributed by atoms with Gasteiger partial charge in [0.2, 0.25) is 5.76 Å². The second kappa shape index (κ2) is 5.91. The number of hydrogen-bond donors (Lipinski definition) is 1. The molecule has 1 fully saturated rings. The van der Waals surface area contributed by atoms with Gasteiger partial charge in [0, 0.05) is 6.04 Å². The number of esters is 1. The predicted molar refractivity (Wildman–Crippen MR) is 68.7 cm³/mol. The lowest BCUT2D eigenvalue weighted by atomic mass is 10.2. The van der Waals surface area contributed by atoms with Crippen molar-refractivity contribution in [1.82, 2.24) is 5.32 Å². The van der Waals surface area contributed by atoms with Gasteiger partial charge < -0.3 is 14.5 Å². The molecule has 19 heavy (non-hydrogen) atoms. The molecule has 104 valence electrons. The molecule has 0 aromatic carbocycles. The molecule has 1 heterocycles. The summed E-state index contributed by atoms with van der Waals surface area (Å²) in [4.78, 5) is 23.6. The summed E-state index contributed by atoms with van der Waals surface area (Å²) in [6.07, 6.45) is 3.49. The molecule has 0 spiro atoms. The van der Waals surface area contributed by atoms with E-state index in [1.165, 1.54) is 0 Å². The van der Waals surface area contributed by atoms with Crippen molar-refractivity contribution < 1.29 is 18.7 Å². The molecule has 1 aliphatic rings. The maximum absolute atomic E-state index is 11.9. The first-order valence-electron chi connectivity index (χ1n) is 6.64. The van der Waals surface area contributed by atoms with E-state index in [-0.39, 0.29) is 17.7 Å². The molecule has 5 nitrogen and oxygen atoms in total. The molecule has 0 aliphatic heterocycles. The Morgan fingerprint density at radius 3 is 2.63 bits per heavy atom. The lowest BCUT2D eigenvalue weighted by Gasteiger charge is -2.16. The summed E-state index contributed by atoms with van der Waals surface area (Å²) < 4.78 is 10.2. The van der Waals surface area contributed by atoms with Crippen molar-refractivity contribution in [3.05, 3.63) is 23.7 Å². The fraction of sp³-hybridized carbons (Fsp3) is 0.571. The highest BCUT2D eigenvalue weighted by Crippen LogP contribution is 2.18. The van der Waals surface area contributed by atoms with E-state index in [9.17, 15) is 9.59 Å². The Morgan fingerprint density at radius 1 is 1.37 bits per heavy atom. The Balaban J connectivity index is 1.84. The van der Waals surface area contributed by atoms with Gasteiger partial charge in [0.25, 0.3) is 5.91 Å². The summed E-state index contributed by atoms with van der Waals surface area (Å²) in [6, 6.07) is 3.44. The highest BCUT2D eigenvalue weighted by Gasteiger charge is 2.24. The van der Waals surface area contributed by atoms with Gasteiger partial charge in [-0.2, -0.15) is 0 Å². The summed E-state index contributed by atoms with van der Waals surface area (Å²) in [5.41, 5.74) is 0. The fourth-order valence-electron chi connectivity index (χ4n) is 2.21. The standard InChI is InChI=1S/C14H19NO4/c1-9-7-8-12(18-9)14(17)19-10(2)13(16)15-11-5-3-4-6-11/h7-8,10-11H,3-6H2,1-2H3,(H,15,16). The first-order valence-corrected chi connectivity index (χ1v) is 6.64. The zero-order valence-corrected chi connectivity index (χ0v) is 11.3. The monoisotopic (exact) mass is 265 g/mol. The van der Waals surface area contributed by atoms with Crippen LogP contribution in [-0.4, -0.2) is 24.0 Å². The minimum atomic E-state index is -0.807. The third-order valence-electron chi connectivity index (χ3n) is 3.30. The maximum atomic E-state index is 11.9. The number of carbonyl (C=O) groups excluding carboxylic acids is 2.